The molecule has 0 atom stereocenters. The van der Waals surface area contributed by atoms with Crippen molar-refractivity contribution in [3.05, 3.63) is 53.3 Å². The van der Waals surface area contributed by atoms with E-state index < -0.39 is 0 Å². The van der Waals surface area contributed by atoms with Gasteiger partial charge in [0.15, 0.2) is 5.78 Å². The fourth-order valence-corrected chi connectivity index (χ4v) is 2.15. The minimum atomic E-state index is -0.0545. The van der Waals surface area contributed by atoms with Gasteiger partial charge in [0.05, 0.1) is 19.9 Å². The standard InChI is InChI=1S/C15H13NO3/c1-18-13-7-12(8-16-9-13)15(17)11-2-3-14-10(6-11)4-5-19-14/h2-3,6-9H,4-5H2,1H3. The molecule has 0 bridgehead atoms. The maximum atomic E-state index is 12.4. The molecule has 0 radical (unpaired) electrons. The monoisotopic (exact) mass is 255 g/mol. The Balaban J connectivity index is 1.95. The van der Waals surface area contributed by atoms with Gasteiger partial charge in [-0.25, -0.2) is 0 Å². The highest BCUT2D eigenvalue weighted by Crippen LogP contribution is 2.27. The smallest absolute Gasteiger partial charge is 0.194 e. The van der Waals surface area contributed by atoms with E-state index >= 15 is 0 Å². The number of rotatable bonds is 3. The number of hydrogen-bond acceptors (Lipinski definition) is 4. The van der Waals surface area contributed by atoms with Crippen molar-refractivity contribution in [1.82, 2.24) is 4.98 Å². The molecule has 1 aliphatic rings. The van der Waals surface area contributed by atoms with Crippen LogP contribution in [0.25, 0.3) is 0 Å². The minimum absolute atomic E-state index is 0.0545. The molecule has 4 heteroatoms. The number of fused-ring (bicyclic) bond motifs is 1. The van der Waals surface area contributed by atoms with Gasteiger partial charge >= 0.3 is 0 Å². The normalized spacial score (nSPS) is 12.7. The van der Waals surface area contributed by atoms with E-state index in [1.54, 1.807) is 31.6 Å². The molecule has 19 heavy (non-hydrogen) atoms. The number of ether oxygens (including phenoxy) is 2. The van der Waals surface area contributed by atoms with Crippen molar-refractivity contribution in [3.8, 4) is 11.5 Å². The summed E-state index contributed by atoms with van der Waals surface area (Å²) in [6.45, 7) is 0.688. The average molecular weight is 255 g/mol. The molecule has 0 unspecified atom stereocenters. The van der Waals surface area contributed by atoms with Gasteiger partial charge in [0.2, 0.25) is 0 Å². The fraction of sp³-hybridized carbons (Fsp3) is 0.200. The fourth-order valence-electron chi connectivity index (χ4n) is 2.15. The Bertz CT molecular complexity index is 637. The van der Waals surface area contributed by atoms with E-state index in [1.807, 2.05) is 12.1 Å². The van der Waals surface area contributed by atoms with Crippen LogP contribution in [-0.2, 0) is 6.42 Å². The summed E-state index contributed by atoms with van der Waals surface area (Å²) in [6, 6.07) is 7.22. The van der Waals surface area contributed by atoms with Crippen LogP contribution >= 0.6 is 0 Å². The number of aromatic nitrogens is 1. The Morgan fingerprint density at radius 2 is 2.16 bits per heavy atom. The van der Waals surface area contributed by atoms with Gasteiger partial charge in [-0.2, -0.15) is 0 Å². The molecule has 96 valence electrons. The Labute approximate surface area is 111 Å². The number of methoxy groups -OCH3 is 1. The molecule has 1 aromatic heterocycles. The summed E-state index contributed by atoms with van der Waals surface area (Å²) in [5.74, 6) is 1.40. The highest BCUT2D eigenvalue weighted by molar-refractivity contribution is 6.09. The Morgan fingerprint density at radius 1 is 1.26 bits per heavy atom. The third kappa shape index (κ3) is 2.17. The van der Waals surface area contributed by atoms with E-state index in [0.717, 1.165) is 17.7 Å². The lowest BCUT2D eigenvalue weighted by Crippen LogP contribution is -2.02. The van der Waals surface area contributed by atoms with Crippen LogP contribution in [0.1, 0.15) is 21.5 Å². The molecule has 2 aromatic rings. The lowest BCUT2D eigenvalue weighted by Gasteiger charge is -2.05. The predicted molar refractivity (Wildman–Crippen MR) is 69.9 cm³/mol. The van der Waals surface area contributed by atoms with Crippen LogP contribution in [-0.4, -0.2) is 24.5 Å². The van der Waals surface area contributed by atoms with Crippen LogP contribution < -0.4 is 9.47 Å². The molecule has 0 aliphatic carbocycles. The van der Waals surface area contributed by atoms with E-state index in [1.165, 1.54) is 0 Å². The molecule has 1 aliphatic heterocycles. The van der Waals surface area contributed by atoms with Crippen LogP contribution in [0.15, 0.2) is 36.7 Å². The summed E-state index contributed by atoms with van der Waals surface area (Å²) in [5, 5.41) is 0. The SMILES string of the molecule is COc1cncc(C(=O)c2ccc3c(c2)CCO3)c1. The number of carbonyl (C=O) groups is 1. The van der Waals surface area contributed by atoms with Gasteiger partial charge in [-0.3, -0.25) is 9.78 Å². The summed E-state index contributed by atoms with van der Waals surface area (Å²) < 4.78 is 10.5. The Hall–Kier alpha value is -2.36. The van der Waals surface area contributed by atoms with Gasteiger partial charge in [0, 0.05) is 23.7 Å². The van der Waals surface area contributed by atoms with Crippen molar-refractivity contribution in [3.63, 3.8) is 0 Å². The molecule has 0 N–H and O–H groups in total. The molecule has 0 amide bonds. The summed E-state index contributed by atoms with van der Waals surface area (Å²) >= 11 is 0. The number of nitrogens with zero attached hydrogens (tertiary/aromatic N) is 1. The van der Waals surface area contributed by atoms with Gasteiger partial charge in [-0.05, 0) is 29.8 Å². The van der Waals surface area contributed by atoms with Crippen molar-refractivity contribution in [2.24, 2.45) is 0 Å². The van der Waals surface area contributed by atoms with Crippen LogP contribution in [0.5, 0.6) is 11.5 Å². The van der Waals surface area contributed by atoms with Crippen molar-refractivity contribution in [2.45, 2.75) is 6.42 Å². The molecule has 0 fully saturated rings. The van der Waals surface area contributed by atoms with Crippen molar-refractivity contribution < 1.29 is 14.3 Å². The second kappa shape index (κ2) is 4.72. The van der Waals surface area contributed by atoms with E-state index in [9.17, 15) is 4.79 Å². The first kappa shape index (κ1) is 11.7. The van der Waals surface area contributed by atoms with Gasteiger partial charge in [-0.15, -0.1) is 0 Å². The highest BCUT2D eigenvalue weighted by Gasteiger charge is 2.16. The van der Waals surface area contributed by atoms with Crippen molar-refractivity contribution >= 4 is 5.78 Å². The molecule has 1 aromatic carbocycles. The van der Waals surface area contributed by atoms with Gasteiger partial charge in [0.1, 0.15) is 11.5 Å². The summed E-state index contributed by atoms with van der Waals surface area (Å²) in [4.78, 5) is 16.4. The number of pyridine rings is 1. The Kier molecular flexibility index (Phi) is 2.91. The zero-order chi connectivity index (χ0) is 13.2. The quantitative estimate of drug-likeness (QED) is 0.789. The average Bonchev–Trinajstić information content (AvgIpc) is 2.94. The van der Waals surface area contributed by atoms with Crippen molar-refractivity contribution in [2.75, 3.05) is 13.7 Å². The minimum Gasteiger partial charge on any atom is -0.495 e. The van der Waals surface area contributed by atoms with Crippen LogP contribution in [0.3, 0.4) is 0 Å². The predicted octanol–water partition coefficient (Wildman–Crippen LogP) is 2.26. The zero-order valence-corrected chi connectivity index (χ0v) is 10.6. The molecule has 0 saturated carbocycles. The van der Waals surface area contributed by atoms with E-state index in [2.05, 4.69) is 4.98 Å². The molecular weight excluding hydrogens is 242 g/mol. The number of hydrogen-bond donors (Lipinski definition) is 0. The summed E-state index contributed by atoms with van der Waals surface area (Å²) in [5.41, 5.74) is 2.26. The van der Waals surface area contributed by atoms with Gasteiger partial charge in [0.25, 0.3) is 0 Å². The lowest BCUT2D eigenvalue weighted by atomic mass is 10.0. The maximum Gasteiger partial charge on any atom is 0.194 e. The first-order chi connectivity index (χ1) is 9.28. The second-order valence-electron chi connectivity index (χ2n) is 4.36. The topological polar surface area (TPSA) is 48.4 Å². The molecule has 2 heterocycles. The number of benzene rings is 1. The largest absolute Gasteiger partial charge is 0.495 e. The molecule has 3 rings (SSSR count). The molecular formula is C15H13NO3. The summed E-state index contributed by atoms with van der Waals surface area (Å²) in [7, 11) is 1.55. The molecule has 4 nitrogen and oxygen atoms in total. The first-order valence-electron chi connectivity index (χ1n) is 6.07. The van der Waals surface area contributed by atoms with Gasteiger partial charge < -0.3 is 9.47 Å². The van der Waals surface area contributed by atoms with Crippen LogP contribution in [0, 0.1) is 0 Å². The number of carbonyl (C=O) groups excluding carboxylic acids is 1. The highest BCUT2D eigenvalue weighted by atomic mass is 16.5. The second-order valence-corrected chi connectivity index (χ2v) is 4.36. The maximum absolute atomic E-state index is 12.4. The molecule has 0 saturated heterocycles. The van der Waals surface area contributed by atoms with Crippen LogP contribution in [0.2, 0.25) is 0 Å². The van der Waals surface area contributed by atoms with E-state index in [0.29, 0.717) is 23.5 Å². The van der Waals surface area contributed by atoms with E-state index in [-0.39, 0.29) is 5.78 Å². The Morgan fingerprint density at radius 3 is 3.00 bits per heavy atom. The third-order valence-electron chi connectivity index (χ3n) is 3.16. The van der Waals surface area contributed by atoms with E-state index in [4.69, 9.17) is 9.47 Å². The zero-order valence-electron chi connectivity index (χ0n) is 10.6. The summed E-state index contributed by atoms with van der Waals surface area (Å²) in [6.07, 6.45) is 3.98. The molecule has 0 spiro atoms. The number of ketones is 1. The third-order valence-corrected chi connectivity index (χ3v) is 3.16. The van der Waals surface area contributed by atoms with Crippen LogP contribution in [0.4, 0.5) is 0 Å². The first-order valence-corrected chi connectivity index (χ1v) is 6.07. The van der Waals surface area contributed by atoms with Gasteiger partial charge in [-0.1, -0.05) is 0 Å². The lowest BCUT2D eigenvalue weighted by molar-refractivity contribution is 0.103. The van der Waals surface area contributed by atoms with Crippen molar-refractivity contribution in [1.29, 1.82) is 0 Å².